The minimum atomic E-state index is -0.872. The van der Waals surface area contributed by atoms with E-state index in [0.29, 0.717) is 0 Å². The smallest absolute Gasteiger partial charge is 0.326 e. The van der Waals surface area contributed by atoms with Crippen molar-refractivity contribution in [2.45, 2.75) is 58.5 Å². The van der Waals surface area contributed by atoms with E-state index in [9.17, 15) is 14.7 Å². The van der Waals surface area contributed by atoms with Gasteiger partial charge < -0.3 is 10.0 Å². The van der Waals surface area contributed by atoms with Crippen molar-refractivity contribution < 1.29 is 14.7 Å². The molecule has 2 unspecified atom stereocenters. The molecular weight excluding hydrogens is 206 g/mol. The van der Waals surface area contributed by atoms with Crippen LogP contribution in [0, 0.1) is 5.92 Å². The fourth-order valence-corrected chi connectivity index (χ4v) is 2.28. The number of aliphatic carboxylic acids is 1. The van der Waals surface area contributed by atoms with E-state index in [0.717, 1.165) is 25.7 Å². The molecule has 4 nitrogen and oxygen atoms in total. The third kappa shape index (κ3) is 2.97. The van der Waals surface area contributed by atoms with Crippen LogP contribution in [0.3, 0.4) is 0 Å². The van der Waals surface area contributed by atoms with Crippen molar-refractivity contribution in [3.05, 3.63) is 0 Å². The second-order valence-electron chi connectivity index (χ2n) is 4.71. The zero-order valence-electron chi connectivity index (χ0n) is 10.3. The molecule has 0 aromatic carbocycles. The number of nitrogens with zero attached hydrogens (tertiary/aromatic N) is 1. The molecule has 1 rings (SSSR count). The number of amides is 1. The fraction of sp³-hybridized carbons (Fsp3) is 0.833. The summed E-state index contributed by atoms with van der Waals surface area (Å²) in [6.07, 6.45) is 3.68. The van der Waals surface area contributed by atoms with E-state index < -0.39 is 12.0 Å². The first-order valence-corrected chi connectivity index (χ1v) is 6.00. The second-order valence-corrected chi connectivity index (χ2v) is 4.71. The van der Waals surface area contributed by atoms with Crippen molar-refractivity contribution >= 4 is 11.9 Å². The normalized spacial score (nSPS) is 18.9. The molecule has 0 spiro atoms. The van der Waals surface area contributed by atoms with E-state index in [-0.39, 0.29) is 17.9 Å². The SMILES string of the molecule is CCCC(C)C(C(=O)O)N(C(C)=O)C1CC1. The third-order valence-electron chi connectivity index (χ3n) is 3.14. The molecule has 92 valence electrons. The van der Waals surface area contributed by atoms with Crippen LogP contribution >= 0.6 is 0 Å². The van der Waals surface area contributed by atoms with Crippen molar-refractivity contribution in [2.75, 3.05) is 0 Å². The number of carboxylic acids is 1. The summed E-state index contributed by atoms with van der Waals surface area (Å²) in [7, 11) is 0. The quantitative estimate of drug-likeness (QED) is 0.753. The van der Waals surface area contributed by atoms with Gasteiger partial charge in [0, 0.05) is 13.0 Å². The van der Waals surface area contributed by atoms with E-state index in [2.05, 4.69) is 0 Å². The molecule has 1 aliphatic rings. The Kier molecular flexibility index (Phi) is 4.33. The van der Waals surface area contributed by atoms with Crippen LogP contribution in [0.5, 0.6) is 0 Å². The summed E-state index contributed by atoms with van der Waals surface area (Å²) in [5.41, 5.74) is 0. The molecule has 0 aliphatic heterocycles. The minimum Gasteiger partial charge on any atom is -0.480 e. The zero-order valence-corrected chi connectivity index (χ0v) is 10.3. The van der Waals surface area contributed by atoms with Gasteiger partial charge in [0.2, 0.25) is 5.91 Å². The Hall–Kier alpha value is -1.06. The Morgan fingerprint density at radius 2 is 2.00 bits per heavy atom. The van der Waals surface area contributed by atoms with Gasteiger partial charge in [-0.3, -0.25) is 4.79 Å². The molecule has 1 saturated carbocycles. The van der Waals surface area contributed by atoms with Gasteiger partial charge in [0.05, 0.1) is 0 Å². The highest BCUT2D eigenvalue weighted by Crippen LogP contribution is 2.31. The maximum Gasteiger partial charge on any atom is 0.326 e. The van der Waals surface area contributed by atoms with Crippen LogP contribution in [-0.4, -0.2) is 34.0 Å². The summed E-state index contributed by atoms with van der Waals surface area (Å²) >= 11 is 0. The van der Waals surface area contributed by atoms with Crippen LogP contribution in [0.25, 0.3) is 0 Å². The van der Waals surface area contributed by atoms with Crippen LogP contribution in [0.15, 0.2) is 0 Å². The Labute approximate surface area is 96.6 Å². The highest BCUT2D eigenvalue weighted by Gasteiger charge is 2.41. The topological polar surface area (TPSA) is 57.6 Å². The first-order chi connectivity index (χ1) is 7.49. The van der Waals surface area contributed by atoms with E-state index in [4.69, 9.17) is 0 Å². The predicted molar refractivity (Wildman–Crippen MR) is 61.0 cm³/mol. The molecule has 0 bridgehead atoms. The van der Waals surface area contributed by atoms with Gasteiger partial charge >= 0.3 is 5.97 Å². The van der Waals surface area contributed by atoms with Gasteiger partial charge in [-0.25, -0.2) is 4.79 Å². The van der Waals surface area contributed by atoms with E-state index >= 15 is 0 Å². The Balaban J connectivity index is 2.80. The Morgan fingerprint density at radius 1 is 1.44 bits per heavy atom. The molecule has 1 fully saturated rings. The second kappa shape index (κ2) is 5.32. The molecule has 1 amide bonds. The van der Waals surface area contributed by atoms with E-state index in [1.165, 1.54) is 6.92 Å². The maximum atomic E-state index is 11.5. The Morgan fingerprint density at radius 3 is 2.31 bits per heavy atom. The van der Waals surface area contributed by atoms with Gasteiger partial charge in [0.1, 0.15) is 6.04 Å². The third-order valence-corrected chi connectivity index (χ3v) is 3.14. The number of hydrogen-bond donors (Lipinski definition) is 1. The molecule has 2 atom stereocenters. The van der Waals surface area contributed by atoms with Crippen LogP contribution in [0.2, 0.25) is 0 Å². The molecule has 16 heavy (non-hydrogen) atoms. The van der Waals surface area contributed by atoms with Gasteiger partial charge in [0.15, 0.2) is 0 Å². The lowest BCUT2D eigenvalue weighted by molar-refractivity contribution is -0.152. The zero-order chi connectivity index (χ0) is 12.3. The van der Waals surface area contributed by atoms with Crippen molar-refractivity contribution in [3.63, 3.8) is 0 Å². The summed E-state index contributed by atoms with van der Waals surface area (Å²) in [4.78, 5) is 24.4. The van der Waals surface area contributed by atoms with Crippen LogP contribution < -0.4 is 0 Å². The van der Waals surface area contributed by atoms with Crippen molar-refractivity contribution in [1.82, 2.24) is 4.90 Å². The lowest BCUT2D eigenvalue weighted by atomic mass is 9.95. The molecule has 0 saturated heterocycles. The number of hydrogen-bond acceptors (Lipinski definition) is 2. The monoisotopic (exact) mass is 227 g/mol. The van der Waals surface area contributed by atoms with Crippen LogP contribution in [0.1, 0.15) is 46.5 Å². The lowest BCUT2D eigenvalue weighted by Crippen LogP contribution is -2.49. The van der Waals surface area contributed by atoms with Crippen molar-refractivity contribution in [2.24, 2.45) is 5.92 Å². The molecule has 0 aromatic rings. The molecular formula is C12H21NO3. The van der Waals surface area contributed by atoms with Gasteiger partial charge in [-0.1, -0.05) is 20.3 Å². The van der Waals surface area contributed by atoms with Crippen LogP contribution in [0.4, 0.5) is 0 Å². The van der Waals surface area contributed by atoms with Gasteiger partial charge in [-0.05, 0) is 25.2 Å². The van der Waals surface area contributed by atoms with Crippen LogP contribution in [-0.2, 0) is 9.59 Å². The first kappa shape index (κ1) is 13.0. The average molecular weight is 227 g/mol. The average Bonchev–Trinajstić information content (AvgIpc) is 2.96. The number of carboxylic acid groups (broad SMARTS) is 1. The lowest BCUT2D eigenvalue weighted by Gasteiger charge is -2.32. The number of carbonyl (C=O) groups excluding carboxylic acids is 1. The molecule has 0 heterocycles. The standard InChI is InChI=1S/C12H21NO3/c1-4-5-8(2)11(12(15)16)13(9(3)14)10-6-7-10/h8,10-11H,4-7H2,1-3H3,(H,15,16). The number of carbonyl (C=O) groups is 2. The summed E-state index contributed by atoms with van der Waals surface area (Å²) in [6, 6.07) is -0.483. The molecule has 1 aliphatic carbocycles. The van der Waals surface area contributed by atoms with Gasteiger partial charge in [-0.15, -0.1) is 0 Å². The summed E-state index contributed by atoms with van der Waals surface area (Å²) < 4.78 is 0. The first-order valence-electron chi connectivity index (χ1n) is 6.00. The summed E-state index contributed by atoms with van der Waals surface area (Å²) in [5.74, 6) is -0.965. The van der Waals surface area contributed by atoms with Gasteiger partial charge in [-0.2, -0.15) is 0 Å². The highest BCUT2D eigenvalue weighted by atomic mass is 16.4. The number of rotatable bonds is 6. The summed E-state index contributed by atoms with van der Waals surface area (Å²) in [5, 5.41) is 9.27. The minimum absolute atomic E-state index is 0.0204. The maximum absolute atomic E-state index is 11.5. The molecule has 4 heteroatoms. The van der Waals surface area contributed by atoms with E-state index in [1.54, 1.807) is 4.90 Å². The predicted octanol–water partition coefficient (Wildman–Crippen LogP) is 1.89. The highest BCUT2D eigenvalue weighted by molar-refractivity contribution is 5.83. The molecule has 0 aromatic heterocycles. The fourth-order valence-electron chi connectivity index (χ4n) is 2.28. The van der Waals surface area contributed by atoms with Gasteiger partial charge in [0.25, 0.3) is 0 Å². The van der Waals surface area contributed by atoms with E-state index in [1.807, 2.05) is 13.8 Å². The van der Waals surface area contributed by atoms with Crippen molar-refractivity contribution in [1.29, 1.82) is 0 Å². The largest absolute Gasteiger partial charge is 0.480 e. The molecule has 1 N–H and O–H groups in total. The molecule has 0 radical (unpaired) electrons. The van der Waals surface area contributed by atoms with Crippen molar-refractivity contribution in [3.8, 4) is 0 Å². The Bertz CT molecular complexity index is 273. The summed E-state index contributed by atoms with van der Waals surface area (Å²) in [6.45, 7) is 5.41.